The normalized spacial score (nSPS) is 16.1. The SMILES string of the molecule is C=C(O)[C@H](CNC(=O)NCc1ccccc1)NC(=O)[C@@H]1CCCN1C(=O)c1ccccc1. The molecule has 0 bridgehead atoms. The van der Waals surface area contributed by atoms with E-state index in [0.29, 0.717) is 31.5 Å². The van der Waals surface area contributed by atoms with Crippen molar-refractivity contribution in [3.63, 3.8) is 0 Å². The molecule has 4 amide bonds. The van der Waals surface area contributed by atoms with E-state index in [1.54, 1.807) is 29.2 Å². The zero-order chi connectivity index (χ0) is 22.9. The summed E-state index contributed by atoms with van der Waals surface area (Å²) in [7, 11) is 0. The number of aliphatic hydroxyl groups is 1. The van der Waals surface area contributed by atoms with Gasteiger partial charge in [-0.25, -0.2) is 4.79 Å². The second kappa shape index (κ2) is 11.0. The van der Waals surface area contributed by atoms with Gasteiger partial charge >= 0.3 is 6.03 Å². The fourth-order valence-corrected chi connectivity index (χ4v) is 3.58. The molecule has 0 radical (unpaired) electrons. The van der Waals surface area contributed by atoms with Crippen LogP contribution in [-0.4, -0.2) is 53.0 Å². The number of aliphatic hydroxyl groups excluding tert-OH is 1. The summed E-state index contributed by atoms with van der Waals surface area (Å²) in [5.41, 5.74) is 1.47. The Balaban J connectivity index is 1.53. The molecule has 8 nitrogen and oxygen atoms in total. The van der Waals surface area contributed by atoms with Crippen molar-refractivity contribution >= 4 is 17.8 Å². The average Bonchev–Trinajstić information content (AvgIpc) is 3.31. The topological polar surface area (TPSA) is 111 Å². The highest BCUT2D eigenvalue weighted by Crippen LogP contribution is 2.20. The van der Waals surface area contributed by atoms with Crippen LogP contribution in [0.1, 0.15) is 28.8 Å². The fourth-order valence-electron chi connectivity index (χ4n) is 3.58. The number of rotatable bonds is 8. The Hall–Kier alpha value is -3.81. The van der Waals surface area contributed by atoms with Crippen LogP contribution in [0.3, 0.4) is 0 Å². The van der Waals surface area contributed by atoms with Crippen LogP contribution in [0.5, 0.6) is 0 Å². The molecule has 8 heteroatoms. The van der Waals surface area contributed by atoms with Crippen molar-refractivity contribution in [1.29, 1.82) is 0 Å². The third kappa shape index (κ3) is 6.10. The Morgan fingerprint density at radius 1 is 1.03 bits per heavy atom. The highest BCUT2D eigenvalue weighted by atomic mass is 16.3. The third-order valence-corrected chi connectivity index (χ3v) is 5.32. The summed E-state index contributed by atoms with van der Waals surface area (Å²) >= 11 is 0. The van der Waals surface area contributed by atoms with Crippen molar-refractivity contribution in [2.75, 3.05) is 13.1 Å². The predicted molar refractivity (Wildman–Crippen MR) is 121 cm³/mol. The maximum absolute atomic E-state index is 12.9. The second-order valence-corrected chi connectivity index (χ2v) is 7.62. The van der Waals surface area contributed by atoms with E-state index in [2.05, 4.69) is 22.5 Å². The Morgan fingerprint density at radius 2 is 1.69 bits per heavy atom. The molecular formula is C24H28N4O4. The molecule has 2 atom stereocenters. The van der Waals surface area contributed by atoms with Crippen LogP contribution in [0.25, 0.3) is 0 Å². The van der Waals surface area contributed by atoms with Crippen LogP contribution in [0.2, 0.25) is 0 Å². The van der Waals surface area contributed by atoms with E-state index < -0.39 is 24.0 Å². The third-order valence-electron chi connectivity index (χ3n) is 5.32. The lowest BCUT2D eigenvalue weighted by Crippen LogP contribution is -2.52. The standard InChI is InChI=1S/C24H28N4O4/c1-17(29)20(16-26-24(32)25-15-18-9-4-2-5-10-18)27-22(30)21-13-8-14-28(21)23(31)19-11-6-3-7-12-19/h2-7,9-12,20-21,29H,1,8,13-16H2,(H,27,30)(H2,25,26,32)/t20-,21-/m0/s1. The van der Waals surface area contributed by atoms with Gasteiger partial charge in [0.2, 0.25) is 5.91 Å². The number of nitrogens with one attached hydrogen (secondary N) is 3. The van der Waals surface area contributed by atoms with Gasteiger partial charge in [0.25, 0.3) is 5.91 Å². The van der Waals surface area contributed by atoms with E-state index >= 15 is 0 Å². The molecule has 1 fully saturated rings. The Bertz CT molecular complexity index is 949. The lowest BCUT2D eigenvalue weighted by atomic mass is 10.1. The van der Waals surface area contributed by atoms with Crippen molar-refractivity contribution in [2.45, 2.75) is 31.5 Å². The van der Waals surface area contributed by atoms with Crippen LogP contribution in [-0.2, 0) is 11.3 Å². The molecule has 0 unspecified atom stereocenters. The summed E-state index contributed by atoms with van der Waals surface area (Å²) < 4.78 is 0. The number of likely N-dealkylation sites (tertiary alicyclic amines) is 1. The molecule has 1 aliphatic heterocycles. The quantitative estimate of drug-likeness (QED) is 0.476. The molecule has 168 valence electrons. The largest absolute Gasteiger partial charge is 0.511 e. The van der Waals surface area contributed by atoms with Gasteiger partial charge in [0, 0.05) is 25.2 Å². The second-order valence-electron chi connectivity index (χ2n) is 7.62. The molecule has 1 aliphatic rings. The minimum Gasteiger partial charge on any atom is -0.511 e. The minimum absolute atomic E-state index is 0.0406. The van der Waals surface area contributed by atoms with Gasteiger partial charge in [-0.05, 0) is 30.5 Å². The molecular weight excluding hydrogens is 408 g/mol. The van der Waals surface area contributed by atoms with E-state index in [0.717, 1.165) is 5.56 Å². The van der Waals surface area contributed by atoms with Gasteiger partial charge in [-0.3, -0.25) is 9.59 Å². The Labute approximate surface area is 187 Å². The predicted octanol–water partition coefficient (Wildman–Crippen LogP) is 2.35. The number of hydrogen-bond acceptors (Lipinski definition) is 4. The smallest absolute Gasteiger partial charge is 0.315 e. The number of carbonyl (C=O) groups excluding carboxylic acids is 3. The number of amides is 4. The summed E-state index contributed by atoms with van der Waals surface area (Å²) in [6.07, 6.45) is 1.24. The van der Waals surface area contributed by atoms with E-state index in [-0.39, 0.29) is 18.2 Å². The molecule has 32 heavy (non-hydrogen) atoms. The first kappa shape index (κ1) is 22.9. The van der Waals surface area contributed by atoms with Crippen molar-refractivity contribution in [3.05, 3.63) is 84.1 Å². The number of carbonyl (C=O) groups is 3. The molecule has 4 N–H and O–H groups in total. The van der Waals surface area contributed by atoms with Crippen LogP contribution in [0.4, 0.5) is 4.79 Å². The minimum atomic E-state index is -0.876. The van der Waals surface area contributed by atoms with Gasteiger partial charge in [-0.1, -0.05) is 55.1 Å². The summed E-state index contributed by atoms with van der Waals surface area (Å²) in [6.45, 7) is 4.29. The van der Waals surface area contributed by atoms with Gasteiger partial charge in [0.15, 0.2) is 0 Å². The number of nitrogens with zero attached hydrogens (tertiary/aromatic N) is 1. The van der Waals surface area contributed by atoms with Crippen LogP contribution in [0.15, 0.2) is 73.0 Å². The molecule has 2 aromatic carbocycles. The van der Waals surface area contributed by atoms with E-state index in [9.17, 15) is 19.5 Å². The molecule has 1 heterocycles. The van der Waals surface area contributed by atoms with E-state index in [1.165, 1.54) is 0 Å². The highest BCUT2D eigenvalue weighted by Gasteiger charge is 2.35. The van der Waals surface area contributed by atoms with Gasteiger partial charge in [0.05, 0.1) is 0 Å². The van der Waals surface area contributed by atoms with Gasteiger partial charge < -0.3 is 26.0 Å². The van der Waals surface area contributed by atoms with Crippen molar-refractivity contribution in [1.82, 2.24) is 20.9 Å². The molecule has 0 aromatic heterocycles. The van der Waals surface area contributed by atoms with Crippen LogP contribution in [0, 0.1) is 0 Å². The molecule has 2 aromatic rings. The monoisotopic (exact) mass is 436 g/mol. The van der Waals surface area contributed by atoms with E-state index in [1.807, 2.05) is 36.4 Å². The number of urea groups is 1. The first-order valence-corrected chi connectivity index (χ1v) is 10.6. The summed E-state index contributed by atoms with van der Waals surface area (Å²) in [5.74, 6) is -0.875. The Morgan fingerprint density at radius 3 is 2.34 bits per heavy atom. The zero-order valence-electron chi connectivity index (χ0n) is 17.8. The van der Waals surface area contributed by atoms with Crippen LogP contribution >= 0.6 is 0 Å². The number of hydrogen-bond donors (Lipinski definition) is 4. The maximum Gasteiger partial charge on any atom is 0.315 e. The molecule has 3 rings (SSSR count). The van der Waals surface area contributed by atoms with Crippen molar-refractivity contribution in [2.24, 2.45) is 0 Å². The molecule has 1 saturated heterocycles. The Kier molecular flexibility index (Phi) is 7.85. The first-order valence-electron chi connectivity index (χ1n) is 10.6. The first-order chi connectivity index (χ1) is 15.5. The van der Waals surface area contributed by atoms with E-state index in [4.69, 9.17) is 0 Å². The van der Waals surface area contributed by atoms with Crippen molar-refractivity contribution in [3.8, 4) is 0 Å². The highest BCUT2D eigenvalue weighted by molar-refractivity contribution is 5.98. The lowest BCUT2D eigenvalue weighted by molar-refractivity contribution is -0.125. The van der Waals surface area contributed by atoms with Crippen LogP contribution < -0.4 is 16.0 Å². The van der Waals surface area contributed by atoms with Crippen molar-refractivity contribution < 1.29 is 19.5 Å². The average molecular weight is 437 g/mol. The maximum atomic E-state index is 12.9. The lowest BCUT2D eigenvalue weighted by Gasteiger charge is -2.26. The van der Waals surface area contributed by atoms with Gasteiger partial charge in [-0.2, -0.15) is 0 Å². The summed E-state index contributed by atoms with van der Waals surface area (Å²) in [4.78, 5) is 39.3. The van der Waals surface area contributed by atoms with Gasteiger partial charge in [0.1, 0.15) is 17.8 Å². The van der Waals surface area contributed by atoms with Gasteiger partial charge in [-0.15, -0.1) is 0 Å². The zero-order valence-corrected chi connectivity index (χ0v) is 17.8. The molecule has 0 saturated carbocycles. The molecule has 0 spiro atoms. The summed E-state index contributed by atoms with van der Waals surface area (Å²) in [5, 5.41) is 18.0. The molecule has 0 aliphatic carbocycles. The number of benzene rings is 2. The summed E-state index contributed by atoms with van der Waals surface area (Å²) in [6, 6.07) is 16.3. The fraction of sp³-hybridized carbons (Fsp3) is 0.292.